The zero-order chi connectivity index (χ0) is 18.0. The Balaban J connectivity index is 1.75. The number of piperidine rings is 1. The number of hydrogen-bond acceptors (Lipinski definition) is 4. The van der Waals surface area contributed by atoms with E-state index in [1.54, 1.807) is 12.1 Å². The van der Waals surface area contributed by atoms with Gasteiger partial charge >= 0.3 is 0 Å². The molecule has 1 aromatic carbocycles. The number of nitrogens with zero attached hydrogens (tertiary/aromatic N) is 4. The summed E-state index contributed by atoms with van der Waals surface area (Å²) < 4.78 is 15.1. The fourth-order valence-electron chi connectivity index (χ4n) is 3.66. The number of likely N-dealkylation sites (tertiary alicyclic amines) is 1. The van der Waals surface area contributed by atoms with Crippen LogP contribution in [0.2, 0.25) is 0 Å². The first-order valence-corrected chi connectivity index (χ1v) is 8.61. The van der Waals surface area contributed by atoms with E-state index in [0.717, 1.165) is 49.7 Å². The third-order valence-corrected chi connectivity index (χ3v) is 4.76. The summed E-state index contributed by atoms with van der Waals surface area (Å²) in [7, 11) is 0. The van der Waals surface area contributed by atoms with Crippen molar-refractivity contribution >= 4 is 5.91 Å². The number of benzene rings is 1. The SMILES string of the molecule is Cc1nc(C)n(C[C@@H]2CCCN([C@@H](C(N)=O)c3ccc(F)cc3)C2)n1. The first kappa shape index (κ1) is 17.5. The Hall–Kier alpha value is -2.28. The van der Waals surface area contributed by atoms with Crippen LogP contribution in [0.3, 0.4) is 0 Å². The van der Waals surface area contributed by atoms with Crippen molar-refractivity contribution in [1.29, 1.82) is 0 Å². The maximum Gasteiger partial charge on any atom is 0.239 e. The number of rotatable bonds is 5. The lowest BCUT2D eigenvalue weighted by Crippen LogP contribution is -2.44. The average molecular weight is 345 g/mol. The van der Waals surface area contributed by atoms with Crippen LogP contribution in [0.5, 0.6) is 0 Å². The van der Waals surface area contributed by atoms with Gasteiger partial charge in [0.1, 0.15) is 23.5 Å². The molecule has 1 fully saturated rings. The summed E-state index contributed by atoms with van der Waals surface area (Å²) in [6.45, 7) is 6.16. The Morgan fingerprint density at radius 1 is 1.36 bits per heavy atom. The molecule has 0 bridgehead atoms. The van der Waals surface area contributed by atoms with Gasteiger partial charge in [-0.2, -0.15) is 5.10 Å². The molecule has 0 saturated carbocycles. The molecule has 6 nitrogen and oxygen atoms in total. The van der Waals surface area contributed by atoms with Crippen LogP contribution in [-0.4, -0.2) is 38.7 Å². The van der Waals surface area contributed by atoms with Gasteiger partial charge in [-0.1, -0.05) is 12.1 Å². The molecule has 1 aliphatic heterocycles. The molecule has 1 saturated heterocycles. The number of carbonyl (C=O) groups is 1. The fraction of sp³-hybridized carbons (Fsp3) is 0.500. The highest BCUT2D eigenvalue weighted by molar-refractivity contribution is 5.81. The van der Waals surface area contributed by atoms with Crippen molar-refractivity contribution in [2.24, 2.45) is 11.7 Å². The highest BCUT2D eigenvalue weighted by atomic mass is 19.1. The number of nitrogens with two attached hydrogens (primary N) is 1. The molecule has 1 aromatic heterocycles. The van der Waals surface area contributed by atoms with Gasteiger partial charge in [-0.25, -0.2) is 14.1 Å². The standard InChI is InChI=1S/C18H24FN5O/c1-12-21-13(2)24(22-12)11-14-4-3-9-23(10-14)17(18(20)25)15-5-7-16(19)8-6-15/h5-8,14,17H,3-4,9-11H2,1-2H3,(H2,20,25)/t14-,17-/m1/s1. The second-order valence-electron chi connectivity index (χ2n) is 6.75. The molecular weight excluding hydrogens is 321 g/mol. The smallest absolute Gasteiger partial charge is 0.239 e. The molecule has 1 amide bonds. The van der Waals surface area contributed by atoms with E-state index in [4.69, 9.17) is 5.73 Å². The summed E-state index contributed by atoms with van der Waals surface area (Å²) in [6.07, 6.45) is 2.06. The molecule has 0 aliphatic carbocycles. The van der Waals surface area contributed by atoms with Crippen LogP contribution >= 0.6 is 0 Å². The Morgan fingerprint density at radius 2 is 2.08 bits per heavy atom. The van der Waals surface area contributed by atoms with E-state index >= 15 is 0 Å². The Morgan fingerprint density at radius 3 is 2.68 bits per heavy atom. The summed E-state index contributed by atoms with van der Waals surface area (Å²) in [5.74, 6) is 1.32. The predicted molar refractivity (Wildman–Crippen MR) is 92.1 cm³/mol. The zero-order valence-electron chi connectivity index (χ0n) is 14.7. The van der Waals surface area contributed by atoms with Gasteiger partial charge in [0.05, 0.1) is 0 Å². The lowest BCUT2D eigenvalue weighted by Gasteiger charge is -2.37. The van der Waals surface area contributed by atoms with Crippen LogP contribution in [0.25, 0.3) is 0 Å². The number of carbonyl (C=O) groups excluding carboxylic acids is 1. The maximum atomic E-state index is 13.2. The number of aryl methyl sites for hydroxylation is 2. The molecule has 0 radical (unpaired) electrons. The molecule has 2 heterocycles. The van der Waals surface area contributed by atoms with Crippen molar-refractivity contribution in [2.75, 3.05) is 13.1 Å². The normalized spacial score (nSPS) is 19.7. The minimum Gasteiger partial charge on any atom is -0.368 e. The van der Waals surface area contributed by atoms with Gasteiger partial charge in [0.25, 0.3) is 0 Å². The molecule has 0 unspecified atom stereocenters. The first-order valence-electron chi connectivity index (χ1n) is 8.61. The van der Waals surface area contributed by atoms with E-state index in [1.807, 2.05) is 18.5 Å². The van der Waals surface area contributed by atoms with E-state index in [9.17, 15) is 9.18 Å². The van der Waals surface area contributed by atoms with Crippen molar-refractivity contribution in [3.8, 4) is 0 Å². The maximum absolute atomic E-state index is 13.2. The van der Waals surface area contributed by atoms with E-state index in [-0.39, 0.29) is 5.82 Å². The van der Waals surface area contributed by atoms with Crippen LogP contribution in [0, 0.1) is 25.6 Å². The van der Waals surface area contributed by atoms with Gasteiger partial charge in [-0.15, -0.1) is 0 Å². The lowest BCUT2D eigenvalue weighted by molar-refractivity contribution is -0.124. The average Bonchev–Trinajstić information content (AvgIpc) is 2.87. The minimum atomic E-state index is -0.526. The predicted octanol–water partition coefficient (Wildman–Crippen LogP) is 1.97. The number of amides is 1. The molecule has 134 valence electrons. The van der Waals surface area contributed by atoms with Gasteiger partial charge in [0.15, 0.2) is 0 Å². The topological polar surface area (TPSA) is 77.0 Å². The van der Waals surface area contributed by atoms with Crippen LogP contribution in [0.1, 0.15) is 36.1 Å². The van der Waals surface area contributed by atoms with Gasteiger partial charge in [0, 0.05) is 13.1 Å². The Labute approximate surface area is 146 Å². The van der Waals surface area contributed by atoms with E-state index in [1.165, 1.54) is 12.1 Å². The fourth-order valence-corrected chi connectivity index (χ4v) is 3.66. The summed E-state index contributed by atoms with van der Waals surface area (Å²) in [4.78, 5) is 18.5. The summed E-state index contributed by atoms with van der Waals surface area (Å²) in [5, 5.41) is 4.43. The highest BCUT2D eigenvalue weighted by Gasteiger charge is 2.31. The van der Waals surface area contributed by atoms with E-state index in [0.29, 0.717) is 5.92 Å². The molecule has 2 aromatic rings. The third-order valence-electron chi connectivity index (χ3n) is 4.76. The number of hydrogen-bond donors (Lipinski definition) is 1. The number of aromatic nitrogens is 3. The van der Waals surface area contributed by atoms with Crippen LogP contribution in [0.4, 0.5) is 4.39 Å². The molecule has 0 spiro atoms. The van der Waals surface area contributed by atoms with E-state index < -0.39 is 11.9 Å². The second-order valence-corrected chi connectivity index (χ2v) is 6.75. The monoisotopic (exact) mass is 345 g/mol. The van der Waals surface area contributed by atoms with Gasteiger partial charge < -0.3 is 5.73 Å². The largest absolute Gasteiger partial charge is 0.368 e. The first-order chi connectivity index (χ1) is 11.9. The number of halogens is 1. The minimum absolute atomic E-state index is 0.319. The Bertz CT molecular complexity index is 742. The van der Waals surface area contributed by atoms with Crippen molar-refractivity contribution in [1.82, 2.24) is 19.7 Å². The summed E-state index contributed by atoms with van der Waals surface area (Å²) in [5.41, 5.74) is 6.40. The second kappa shape index (κ2) is 7.31. The van der Waals surface area contributed by atoms with Crippen molar-refractivity contribution in [3.63, 3.8) is 0 Å². The van der Waals surface area contributed by atoms with Crippen molar-refractivity contribution < 1.29 is 9.18 Å². The summed E-state index contributed by atoms with van der Waals surface area (Å²) >= 11 is 0. The highest BCUT2D eigenvalue weighted by Crippen LogP contribution is 2.28. The van der Waals surface area contributed by atoms with Crippen molar-refractivity contribution in [3.05, 3.63) is 47.3 Å². The lowest BCUT2D eigenvalue weighted by atomic mass is 9.94. The van der Waals surface area contributed by atoms with E-state index in [2.05, 4.69) is 15.0 Å². The zero-order valence-corrected chi connectivity index (χ0v) is 14.7. The molecular formula is C18H24FN5O. The molecule has 7 heteroatoms. The molecule has 2 N–H and O–H groups in total. The molecule has 25 heavy (non-hydrogen) atoms. The Kier molecular flexibility index (Phi) is 5.13. The van der Waals surface area contributed by atoms with Gasteiger partial charge in [0.2, 0.25) is 5.91 Å². The van der Waals surface area contributed by atoms with Gasteiger partial charge in [-0.05, 0) is 56.8 Å². The third kappa shape index (κ3) is 4.04. The van der Waals surface area contributed by atoms with Gasteiger partial charge in [-0.3, -0.25) is 9.69 Å². The van der Waals surface area contributed by atoms with Crippen LogP contribution < -0.4 is 5.73 Å². The molecule has 2 atom stereocenters. The summed E-state index contributed by atoms with van der Waals surface area (Å²) in [6, 6.07) is 5.49. The number of primary amides is 1. The van der Waals surface area contributed by atoms with Crippen molar-refractivity contribution in [2.45, 2.75) is 39.3 Å². The quantitative estimate of drug-likeness (QED) is 0.899. The molecule has 1 aliphatic rings. The molecule has 3 rings (SSSR count). The van der Waals surface area contributed by atoms with Crippen LogP contribution in [0.15, 0.2) is 24.3 Å². The van der Waals surface area contributed by atoms with Crippen LogP contribution in [-0.2, 0) is 11.3 Å².